The minimum atomic E-state index is -0.222. The standard InChI is InChI=1S/C10H21NO/c1-4-9(2,7-11)8(12)10(3)5-6-10/h8,12H,4-7,11H2,1-3H3. The van der Waals surface area contributed by atoms with E-state index in [1.165, 1.54) is 0 Å². The van der Waals surface area contributed by atoms with Crippen LogP contribution in [0.2, 0.25) is 0 Å². The smallest absolute Gasteiger partial charge is 0.0659 e. The van der Waals surface area contributed by atoms with E-state index in [0.29, 0.717) is 6.54 Å². The molecule has 3 N–H and O–H groups in total. The number of aliphatic hydroxyl groups is 1. The van der Waals surface area contributed by atoms with E-state index >= 15 is 0 Å². The van der Waals surface area contributed by atoms with E-state index in [1.807, 2.05) is 0 Å². The molecule has 0 radical (unpaired) electrons. The zero-order valence-corrected chi connectivity index (χ0v) is 8.43. The molecule has 1 fully saturated rings. The van der Waals surface area contributed by atoms with Crippen molar-refractivity contribution in [3.8, 4) is 0 Å². The van der Waals surface area contributed by atoms with Gasteiger partial charge >= 0.3 is 0 Å². The molecule has 0 spiro atoms. The van der Waals surface area contributed by atoms with Gasteiger partial charge in [-0.15, -0.1) is 0 Å². The van der Waals surface area contributed by atoms with Gasteiger partial charge in [-0.05, 0) is 24.7 Å². The van der Waals surface area contributed by atoms with Crippen molar-refractivity contribution in [1.82, 2.24) is 0 Å². The first-order valence-corrected chi connectivity index (χ1v) is 4.87. The number of hydrogen-bond acceptors (Lipinski definition) is 2. The van der Waals surface area contributed by atoms with E-state index in [1.54, 1.807) is 0 Å². The Bertz CT molecular complexity index is 159. The molecule has 1 aliphatic rings. The Balaban J connectivity index is 2.65. The molecule has 0 saturated heterocycles. The third kappa shape index (κ3) is 1.50. The van der Waals surface area contributed by atoms with Crippen LogP contribution in [0.25, 0.3) is 0 Å². The fraction of sp³-hybridized carbons (Fsp3) is 1.00. The van der Waals surface area contributed by atoms with Crippen molar-refractivity contribution in [3.05, 3.63) is 0 Å². The van der Waals surface area contributed by atoms with Crippen LogP contribution >= 0.6 is 0 Å². The van der Waals surface area contributed by atoms with E-state index in [4.69, 9.17) is 5.73 Å². The highest BCUT2D eigenvalue weighted by atomic mass is 16.3. The Morgan fingerprint density at radius 3 is 2.33 bits per heavy atom. The van der Waals surface area contributed by atoms with Crippen molar-refractivity contribution in [1.29, 1.82) is 0 Å². The van der Waals surface area contributed by atoms with Gasteiger partial charge in [-0.2, -0.15) is 0 Å². The molecule has 0 aliphatic heterocycles. The van der Waals surface area contributed by atoms with E-state index in [2.05, 4.69) is 20.8 Å². The first-order valence-electron chi connectivity index (χ1n) is 4.87. The Morgan fingerprint density at radius 1 is 1.58 bits per heavy atom. The van der Waals surface area contributed by atoms with Gasteiger partial charge < -0.3 is 10.8 Å². The van der Waals surface area contributed by atoms with Crippen LogP contribution in [0.1, 0.15) is 40.0 Å². The Morgan fingerprint density at radius 2 is 2.08 bits per heavy atom. The third-order valence-electron chi connectivity index (χ3n) is 3.63. The molecule has 0 bridgehead atoms. The van der Waals surface area contributed by atoms with Gasteiger partial charge in [0.05, 0.1) is 6.10 Å². The van der Waals surface area contributed by atoms with Crippen molar-refractivity contribution in [2.45, 2.75) is 46.1 Å². The normalized spacial score (nSPS) is 27.8. The van der Waals surface area contributed by atoms with Crippen molar-refractivity contribution >= 4 is 0 Å². The fourth-order valence-corrected chi connectivity index (χ4v) is 1.76. The molecule has 0 amide bonds. The molecule has 0 heterocycles. The molecule has 1 aliphatic carbocycles. The van der Waals surface area contributed by atoms with Crippen LogP contribution in [-0.2, 0) is 0 Å². The molecule has 2 unspecified atom stereocenters. The summed E-state index contributed by atoms with van der Waals surface area (Å²) >= 11 is 0. The van der Waals surface area contributed by atoms with Gasteiger partial charge in [0.25, 0.3) is 0 Å². The van der Waals surface area contributed by atoms with E-state index in [-0.39, 0.29) is 16.9 Å². The maximum Gasteiger partial charge on any atom is 0.0659 e. The van der Waals surface area contributed by atoms with Crippen LogP contribution in [0.3, 0.4) is 0 Å². The minimum absolute atomic E-state index is 0.0781. The lowest BCUT2D eigenvalue weighted by atomic mass is 9.75. The quantitative estimate of drug-likeness (QED) is 0.673. The highest BCUT2D eigenvalue weighted by molar-refractivity contribution is 5.01. The lowest BCUT2D eigenvalue weighted by molar-refractivity contribution is -0.0117. The van der Waals surface area contributed by atoms with Crippen LogP contribution in [0.15, 0.2) is 0 Å². The number of nitrogens with two attached hydrogens (primary N) is 1. The predicted molar refractivity (Wildman–Crippen MR) is 50.8 cm³/mol. The van der Waals surface area contributed by atoms with Gasteiger partial charge in [-0.1, -0.05) is 20.8 Å². The third-order valence-corrected chi connectivity index (χ3v) is 3.63. The maximum atomic E-state index is 10.1. The summed E-state index contributed by atoms with van der Waals surface area (Å²) in [5.41, 5.74) is 5.78. The van der Waals surface area contributed by atoms with Gasteiger partial charge in [0.15, 0.2) is 0 Å². The summed E-state index contributed by atoms with van der Waals surface area (Å²) < 4.78 is 0. The van der Waals surface area contributed by atoms with Crippen LogP contribution in [0.4, 0.5) is 0 Å². The Labute approximate surface area is 75.2 Å². The lowest BCUT2D eigenvalue weighted by Gasteiger charge is -2.36. The highest BCUT2D eigenvalue weighted by Gasteiger charge is 2.50. The summed E-state index contributed by atoms with van der Waals surface area (Å²) in [5.74, 6) is 0. The second-order valence-corrected chi connectivity index (χ2v) is 4.77. The Kier molecular flexibility index (Phi) is 2.50. The van der Waals surface area contributed by atoms with Gasteiger partial charge in [-0.25, -0.2) is 0 Å². The summed E-state index contributed by atoms with van der Waals surface area (Å²) in [6.07, 6.45) is 3.05. The average molecular weight is 171 g/mol. The fourth-order valence-electron chi connectivity index (χ4n) is 1.76. The van der Waals surface area contributed by atoms with E-state index < -0.39 is 0 Å². The molecule has 12 heavy (non-hydrogen) atoms. The summed E-state index contributed by atoms with van der Waals surface area (Å²) in [5, 5.41) is 10.1. The molecule has 2 atom stereocenters. The molecule has 0 aromatic carbocycles. The zero-order valence-electron chi connectivity index (χ0n) is 8.43. The first kappa shape index (κ1) is 10.0. The van der Waals surface area contributed by atoms with Crippen molar-refractivity contribution < 1.29 is 5.11 Å². The van der Waals surface area contributed by atoms with E-state index in [9.17, 15) is 5.11 Å². The molecular formula is C10H21NO. The number of rotatable bonds is 4. The van der Waals surface area contributed by atoms with Crippen LogP contribution in [-0.4, -0.2) is 17.8 Å². The van der Waals surface area contributed by atoms with Crippen molar-refractivity contribution in [2.75, 3.05) is 6.54 Å². The lowest BCUT2D eigenvalue weighted by Crippen LogP contribution is -2.43. The molecule has 2 heteroatoms. The molecule has 0 aromatic rings. The van der Waals surface area contributed by atoms with Crippen LogP contribution < -0.4 is 5.73 Å². The second kappa shape index (κ2) is 3.00. The SMILES string of the molecule is CCC(C)(CN)C(O)C1(C)CC1. The molecule has 1 saturated carbocycles. The van der Waals surface area contributed by atoms with Crippen LogP contribution in [0, 0.1) is 10.8 Å². The summed E-state index contributed by atoms with van der Waals surface area (Å²) in [7, 11) is 0. The summed E-state index contributed by atoms with van der Waals surface area (Å²) in [4.78, 5) is 0. The van der Waals surface area contributed by atoms with Crippen molar-refractivity contribution in [2.24, 2.45) is 16.6 Å². The molecular weight excluding hydrogens is 150 g/mol. The van der Waals surface area contributed by atoms with Gasteiger partial charge in [0.1, 0.15) is 0 Å². The largest absolute Gasteiger partial charge is 0.392 e. The van der Waals surface area contributed by atoms with Gasteiger partial charge in [0, 0.05) is 12.0 Å². The maximum absolute atomic E-state index is 10.1. The van der Waals surface area contributed by atoms with Crippen LogP contribution in [0.5, 0.6) is 0 Å². The molecule has 2 nitrogen and oxygen atoms in total. The van der Waals surface area contributed by atoms with Gasteiger partial charge in [0.2, 0.25) is 0 Å². The second-order valence-electron chi connectivity index (χ2n) is 4.77. The average Bonchev–Trinajstić information content (AvgIpc) is 2.82. The monoisotopic (exact) mass is 171 g/mol. The molecule has 0 aromatic heterocycles. The molecule has 72 valence electrons. The van der Waals surface area contributed by atoms with E-state index in [0.717, 1.165) is 19.3 Å². The molecule has 1 rings (SSSR count). The highest BCUT2D eigenvalue weighted by Crippen LogP contribution is 2.53. The number of aliphatic hydroxyl groups excluding tert-OH is 1. The summed E-state index contributed by atoms with van der Waals surface area (Å²) in [6.45, 7) is 6.92. The predicted octanol–water partition coefficient (Wildman–Crippen LogP) is 1.52. The van der Waals surface area contributed by atoms with Gasteiger partial charge in [-0.3, -0.25) is 0 Å². The minimum Gasteiger partial charge on any atom is -0.392 e. The Hall–Kier alpha value is -0.0800. The number of hydrogen-bond donors (Lipinski definition) is 2. The zero-order chi connectivity index (χ0) is 9.41. The van der Waals surface area contributed by atoms with Crippen molar-refractivity contribution in [3.63, 3.8) is 0 Å². The summed E-state index contributed by atoms with van der Waals surface area (Å²) in [6, 6.07) is 0. The topological polar surface area (TPSA) is 46.2 Å². The first-order chi connectivity index (χ1) is 5.48.